The summed E-state index contributed by atoms with van der Waals surface area (Å²) in [7, 11) is 0. The lowest BCUT2D eigenvalue weighted by molar-refractivity contribution is -0.384. The van der Waals surface area contributed by atoms with Crippen molar-refractivity contribution in [2.45, 2.75) is 77.0 Å². The fourth-order valence-corrected chi connectivity index (χ4v) is 3.33. The summed E-state index contributed by atoms with van der Waals surface area (Å²) in [4.78, 5) is 18.2. The van der Waals surface area contributed by atoms with Crippen LogP contribution in [-0.2, 0) is 6.42 Å². The number of benzene rings is 1. The quantitative estimate of drug-likeness (QED) is 0.173. The van der Waals surface area contributed by atoms with E-state index in [1.54, 1.807) is 12.1 Å². The van der Waals surface area contributed by atoms with E-state index in [9.17, 15) is 10.1 Å². The van der Waals surface area contributed by atoms with E-state index in [2.05, 4.69) is 22.1 Å². The number of fused-ring (bicyclic) bond motifs is 1. The second kappa shape index (κ2) is 13.0. The number of aromatic nitrogens is 2. The molecule has 0 atom stereocenters. The molecular weight excluding hydrogens is 354 g/mol. The summed E-state index contributed by atoms with van der Waals surface area (Å²) >= 11 is 0. The Morgan fingerprint density at radius 1 is 0.964 bits per heavy atom. The molecule has 1 aromatic carbocycles. The van der Waals surface area contributed by atoms with Crippen LogP contribution in [0, 0.1) is 10.1 Å². The van der Waals surface area contributed by atoms with E-state index in [-0.39, 0.29) is 10.6 Å². The summed E-state index contributed by atoms with van der Waals surface area (Å²) in [5.74, 6) is 0.914. The van der Waals surface area contributed by atoms with Gasteiger partial charge in [-0.1, -0.05) is 44.3 Å². The number of imidazole rings is 1. The SMILES string of the molecule is O=[N+]([O-])c1ccc2nc(CCCCCCC/C=C/CCCCCCO)[nH]c2c1. The van der Waals surface area contributed by atoms with Crippen molar-refractivity contribution < 1.29 is 10.0 Å². The van der Waals surface area contributed by atoms with Gasteiger partial charge in [0.05, 0.1) is 16.0 Å². The molecule has 6 heteroatoms. The van der Waals surface area contributed by atoms with Gasteiger partial charge in [0, 0.05) is 25.2 Å². The van der Waals surface area contributed by atoms with Crippen LogP contribution in [0.3, 0.4) is 0 Å². The molecule has 0 saturated carbocycles. The number of aryl methyl sites for hydroxylation is 1. The molecule has 0 radical (unpaired) electrons. The first-order valence-corrected chi connectivity index (χ1v) is 10.6. The molecule has 0 fully saturated rings. The van der Waals surface area contributed by atoms with Crippen LogP contribution in [0.4, 0.5) is 5.69 Å². The van der Waals surface area contributed by atoms with Gasteiger partial charge in [0.1, 0.15) is 5.82 Å². The van der Waals surface area contributed by atoms with Gasteiger partial charge in [0.2, 0.25) is 0 Å². The van der Waals surface area contributed by atoms with Gasteiger partial charge in [0.25, 0.3) is 5.69 Å². The van der Waals surface area contributed by atoms with Crippen LogP contribution in [0.1, 0.15) is 76.5 Å². The molecule has 0 aliphatic heterocycles. The Kier molecular flexibility index (Phi) is 10.3. The summed E-state index contributed by atoms with van der Waals surface area (Å²) in [6, 6.07) is 4.75. The monoisotopic (exact) mass is 387 g/mol. The maximum atomic E-state index is 10.8. The third-order valence-corrected chi connectivity index (χ3v) is 4.96. The predicted octanol–water partition coefficient (Wildman–Crippen LogP) is 5.85. The molecule has 0 bridgehead atoms. The molecular formula is C22H33N3O3. The lowest BCUT2D eigenvalue weighted by atomic mass is 10.1. The number of hydrogen-bond acceptors (Lipinski definition) is 4. The third-order valence-electron chi connectivity index (χ3n) is 4.96. The smallest absolute Gasteiger partial charge is 0.271 e. The second-order valence-corrected chi connectivity index (χ2v) is 7.35. The maximum Gasteiger partial charge on any atom is 0.271 e. The van der Waals surface area contributed by atoms with E-state index in [4.69, 9.17) is 5.11 Å². The largest absolute Gasteiger partial charge is 0.396 e. The van der Waals surface area contributed by atoms with Crippen LogP contribution < -0.4 is 0 Å². The number of unbranched alkanes of at least 4 members (excludes halogenated alkanes) is 9. The molecule has 1 heterocycles. The standard InChI is InChI=1S/C22H33N3O3/c26-17-13-11-9-7-5-3-1-2-4-6-8-10-12-14-22-23-20-16-15-19(25(27)28)18-21(20)24-22/h1,3,15-16,18,26H,2,4-14,17H2,(H,23,24)/b3-1+. The van der Waals surface area contributed by atoms with Crippen molar-refractivity contribution in [3.05, 3.63) is 46.3 Å². The number of non-ortho nitro benzene ring substituents is 1. The number of allylic oxidation sites excluding steroid dienone is 2. The molecule has 0 amide bonds. The number of H-pyrrole nitrogens is 1. The minimum Gasteiger partial charge on any atom is -0.396 e. The van der Waals surface area contributed by atoms with E-state index >= 15 is 0 Å². The highest BCUT2D eigenvalue weighted by atomic mass is 16.6. The fraction of sp³-hybridized carbons (Fsp3) is 0.591. The number of nitro benzene ring substituents is 1. The fourth-order valence-electron chi connectivity index (χ4n) is 3.33. The Labute approximate surface area is 167 Å². The zero-order chi connectivity index (χ0) is 20.0. The average molecular weight is 388 g/mol. The zero-order valence-electron chi connectivity index (χ0n) is 16.7. The maximum absolute atomic E-state index is 10.8. The number of rotatable bonds is 15. The Morgan fingerprint density at radius 3 is 2.29 bits per heavy atom. The summed E-state index contributed by atoms with van der Waals surface area (Å²) < 4.78 is 0. The lowest BCUT2D eigenvalue weighted by Crippen LogP contribution is -1.88. The second-order valence-electron chi connectivity index (χ2n) is 7.35. The van der Waals surface area contributed by atoms with Crippen LogP contribution in [0.25, 0.3) is 11.0 Å². The van der Waals surface area contributed by atoms with Crippen LogP contribution in [-0.4, -0.2) is 26.6 Å². The highest BCUT2D eigenvalue weighted by Crippen LogP contribution is 2.19. The van der Waals surface area contributed by atoms with Gasteiger partial charge in [-0.2, -0.15) is 0 Å². The summed E-state index contributed by atoms with van der Waals surface area (Å²) in [5.41, 5.74) is 1.63. The van der Waals surface area contributed by atoms with E-state index in [1.807, 2.05) is 0 Å². The van der Waals surface area contributed by atoms with Gasteiger partial charge < -0.3 is 10.1 Å². The first kappa shape index (κ1) is 22.1. The van der Waals surface area contributed by atoms with Crippen LogP contribution in [0.5, 0.6) is 0 Å². The van der Waals surface area contributed by atoms with Gasteiger partial charge in [-0.05, 0) is 44.6 Å². The molecule has 2 rings (SSSR count). The topological polar surface area (TPSA) is 92.1 Å². The van der Waals surface area contributed by atoms with Crippen molar-refractivity contribution in [3.8, 4) is 0 Å². The number of aliphatic hydroxyl groups excluding tert-OH is 1. The number of hydrogen-bond donors (Lipinski definition) is 2. The normalized spacial score (nSPS) is 11.6. The van der Waals surface area contributed by atoms with Crippen LogP contribution in [0.15, 0.2) is 30.4 Å². The molecule has 0 spiro atoms. The van der Waals surface area contributed by atoms with E-state index in [0.29, 0.717) is 6.61 Å². The third kappa shape index (κ3) is 8.21. The summed E-state index contributed by atoms with van der Waals surface area (Å²) in [5, 5.41) is 19.5. The molecule has 6 nitrogen and oxygen atoms in total. The van der Waals surface area contributed by atoms with Crippen molar-refractivity contribution in [1.29, 1.82) is 0 Å². The Bertz CT molecular complexity index is 740. The van der Waals surface area contributed by atoms with Gasteiger partial charge >= 0.3 is 0 Å². The van der Waals surface area contributed by atoms with Crippen molar-refractivity contribution in [3.63, 3.8) is 0 Å². The Hall–Kier alpha value is -2.21. The Balaban J connectivity index is 1.50. The predicted molar refractivity (Wildman–Crippen MR) is 113 cm³/mol. The van der Waals surface area contributed by atoms with E-state index in [1.165, 1.54) is 51.0 Å². The number of aliphatic hydroxyl groups is 1. The molecule has 2 N–H and O–H groups in total. The first-order chi connectivity index (χ1) is 13.7. The van der Waals surface area contributed by atoms with Gasteiger partial charge in [-0.15, -0.1) is 0 Å². The minimum atomic E-state index is -0.381. The van der Waals surface area contributed by atoms with Crippen molar-refractivity contribution in [2.24, 2.45) is 0 Å². The number of nitro groups is 1. The minimum absolute atomic E-state index is 0.0958. The summed E-state index contributed by atoms with van der Waals surface area (Å²) in [6.07, 6.45) is 18.3. The van der Waals surface area contributed by atoms with Gasteiger partial charge in [-0.25, -0.2) is 4.98 Å². The molecule has 28 heavy (non-hydrogen) atoms. The molecule has 0 aliphatic carbocycles. The van der Waals surface area contributed by atoms with Crippen molar-refractivity contribution in [2.75, 3.05) is 6.61 Å². The number of nitrogens with zero attached hydrogens (tertiary/aromatic N) is 2. The van der Waals surface area contributed by atoms with Crippen molar-refractivity contribution in [1.82, 2.24) is 9.97 Å². The molecule has 0 unspecified atom stereocenters. The lowest BCUT2D eigenvalue weighted by Gasteiger charge is -1.99. The van der Waals surface area contributed by atoms with Crippen molar-refractivity contribution >= 4 is 16.7 Å². The number of nitrogens with one attached hydrogen (secondary N) is 1. The highest BCUT2D eigenvalue weighted by molar-refractivity contribution is 5.77. The molecule has 2 aromatic rings. The van der Waals surface area contributed by atoms with Crippen LogP contribution in [0.2, 0.25) is 0 Å². The highest BCUT2D eigenvalue weighted by Gasteiger charge is 2.09. The van der Waals surface area contributed by atoms with Gasteiger partial charge in [-0.3, -0.25) is 10.1 Å². The average Bonchev–Trinajstić information content (AvgIpc) is 3.10. The Morgan fingerprint density at radius 2 is 1.61 bits per heavy atom. The van der Waals surface area contributed by atoms with Crippen LogP contribution >= 0.6 is 0 Å². The summed E-state index contributed by atoms with van der Waals surface area (Å²) in [6.45, 7) is 0.318. The molecule has 154 valence electrons. The zero-order valence-corrected chi connectivity index (χ0v) is 16.7. The number of aromatic amines is 1. The van der Waals surface area contributed by atoms with E-state index < -0.39 is 0 Å². The van der Waals surface area contributed by atoms with E-state index in [0.717, 1.165) is 49.0 Å². The molecule has 1 aromatic heterocycles. The first-order valence-electron chi connectivity index (χ1n) is 10.6. The van der Waals surface area contributed by atoms with Gasteiger partial charge in [0.15, 0.2) is 0 Å². The molecule has 0 saturated heterocycles. The molecule has 0 aliphatic rings.